The Hall–Kier alpha value is -3.75. The van der Waals surface area contributed by atoms with E-state index in [-0.39, 0.29) is 12.5 Å². The van der Waals surface area contributed by atoms with E-state index in [9.17, 15) is 9.59 Å². The van der Waals surface area contributed by atoms with Gasteiger partial charge in [0.2, 0.25) is 0 Å². The van der Waals surface area contributed by atoms with Crippen LogP contribution in [0, 0.1) is 0 Å². The maximum absolute atomic E-state index is 12.6. The average molecular weight is 408 g/mol. The molecule has 1 aromatic heterocycles. The van der Waals surface area contributed by atoms with Crippen LogP contribution in [-0.2, 0) is 27.3 Å². The maximum atomic E-state index is 12.6. The van der Waals surface area contributed by atoms with Gasteiger partial charge in [0.05, 0.1) is 0 Å². The molecular formula is C21H24N6O3. The topological polar surface area (TPSA) is 102 Å². The molecule has 1 atom stereocenters. The second kappa shape index (κ2) is 10.1. The molecule has 0 saturated heterocycles. The molecule has 0 aliphatic carbocycles. The van der Waals surface area contributed by atoms with E-state index >= 15 is 0 Å². The molecule has 0 aliphatic heterocycles. The molecule has 1 amide bonds. The van der Waals surface area contributed by atoms with Crippen molar-refractivity contribution in [3.63, 3.8) is 0 Å². The Morgan fingerprint density at radius 3 is 2.43 bits per heavy atom. The minimum atomic E-state index is -0.756. The van der Waals surface area contributed by atoms with E-state index in [4.69, 9.17) is 4.74 Å². The molecule has 0 spiro atoms. The molecule has 3 aromatic rings. The summed E-state index contributed by atoms with van der Waals surface area (Å²) in [6.07, 6.45) is 1.71. The summed E-state index contributed by atoms with van der Waals surface area (Å²) >= 11 is 0. The Balaban J connectivity index is 1.52. The largest absolute Gasteiger partial charge is 0.454 e. The van der Waals surface area contributed by atoms with Crippen LogP contribution < -0.4 is 10.2 Å². The third kappa shape index (κ3) is 5.87. The van der Waals surface area contributed by atoms with Crippen molar-refractivity contribution in [3.8, 4) is 0 Å². The van der Waals surface area contributed by atoms with Gasteiger partial charge in [-0.1, -0.05) is 42.5 Å². The van der Waals surface area contributed by atoms with E-state index in [2.05, 4.69) is 20.8 Å². The first-order valence-electron chi connectivity index (χ1n) is 9.49. The molecule has 0 unspecified atom stereocenters. The number of nitrogens with one attached hydrogen (secondary N) is 1. The molecule has 30 heavy (non-hydrogen) atoms. The van der Waals surface area contributed by atoms with E-state index in [0.29, 0.717) is 13.0 Å². The van der Waals surface area contributed by atoms with Crippen LogP contribution in [0.2, 0.25) is 0 Å². The number of carbonyl (C=O) groups excluding carboxylic acids is 2. The lowest BCUT2D eigenvalue weighted by Crippen LogP contribution is -2.31. The lowest BCUT2D eigenvalue weighted by Gasteiger charge is -2.15. The summed E-state index contributed by atoms with van der Waals surface area (Å²) in [5, 5.41) is 13.7. The van der Waals surface area contributed by atoms with Gasteiger partial charge in [0.15, 0.2) is 12.6 Å². The Morgan fingerprint density at radius 1 is 1.07 bits per heavy atom. The fraction of sp³-hybridized carbons (Fsp3) is 0.286. The number of tetrazole rings is 1. The van der Waals surface area contributed by atoms with Gasteiger partial charge in [0.1, 0.15) is 6.33 Å². The molecule has 3 rings (SSSR count). The zero-order valence-corrected chi connectivity index (χ0v) is 16.9. The first kappa shape index (κ1) is 21.0. The molecule has 0 fully saturated rings. The number of anilines is 1. The molecule has 0 bridgehead atoms. The summed E-state index contributed by atoms with van der Waals surface area (Å²) in [7, 11) is 3.93. The van der Waals surface area contributed by atoms with Gasteiger partial charge >= 0.3 is 5.97 Å². The summed E-state index contributed by atoms with van der Waals surface area (Å²) in [5.74, 6) is -0.952. The van der Waals surface area contributed by atoms with Crippen LogP contribution in [-0.4, -0.2) is 52.8 Å². The zero-order valence-electron chi connectivity index (χ0n) is 16.9. The number of hydrogen-bond acceptors (Lipinski definition) is 7. The molecule has 0 saturated carbocycles. The Bertz CT molecular complexity index is 943. The van der Waals surface area contributed by atoms with E-state index in [1.165, 1.54) is 11.0 Å². The standard InChI is InChI=1S/C21H24N6O3/c1-26(2)18-10-8-17(9-11-18)13-22-20(28)14-30-21(29)19(27-15-23-24-25-27)12-16-6-4-3-5-7-16/h3-11,15,19H,12-14H2,1-2H3,(H,22,28)/t19-/m0/s1. The molecule has 156 valence electrons. The highest BCUT2D eigenvalue weighted by Crippen LogP contribution is 2.15. The van der Waals surface area contributed by atoms with Gasteiger partial charge < -0.3 is 15.0 Å². The number of esters is 1. The summed E-state index contributed by atoms with van der Waals surface area (Å²) in [4.78, 5) is 26.7. The maximum Gasteiger partial charge on any atom is 0.331 e. The molecular weight excluding hydrogens is 384 g/mol. The van der Waals surface area contributed by atoms with Crippen molar-refractivity contribution in [1.29, 1.82) is 0 Å². The van der Waals surface area contributed by atoms with Crippen LogP contribution >= 0.6 is 0 Å². The van der Waals surface area contributed by atoms with Crippen LogP contribution in [0.25, 0.3) is 0 Å². The normalized spacial score (nSPS) is 11.5. The molecule has 0 radical (unpaired) electrons. The van der Waals surface area contributed by atoms with Gasteiger partial charge in [-0.2, -0.15) is 0 Å². The molecule has 1 heterocycles. The SMILES string of the molecule is CN(C)c1ccc(CNC(=O)COC(=O)[C@H](Cc2ccccc2)n2cnnn2)cc1. The highest BCUT2D eigenvalue weighted by atomic mass is 16.5. The van der Waals surface area contributed by atoms with Gasteiger partial charge in [0.25, 0.3) is 5.91 Å². The first-order valence-corrected chi connectivity index (χ1v) is 9.49. The zero-order chi connectivity index (χ0) is 21.3. The van der Waals surface area contributed by atoms with Crippen molar-refractivity contribution in [1.82, 2.24) is 25.5 Å². The number of hydrogen-bond donors (Lipinski definition) is 1. The van der Waals surface area contributed by atoms with Crippen LogP contribution in [0.5, 0.6) is 0 Å². The third-order valence-electron chi connectivity index (χ3n) is 4.52. The minimum absolute atomic E-state index is 0.352. The van der Waals surface area contributed by atoms with Gasteiger partial charge in [0, 0.05) is 32.7 Å². The summed E-state index contributed by atoms with van der Waals surface area (Å²) in [6, 6.07) is 16.5. The van der Waals surface area contributed by atoms with Crippen molar-refractivity contribution in [2.24, 2.45) is 0 Å². The predicted molar refractivity (Wildman–Crippen MR) is 111 cm³/mol. The summed E-state index contributed by atoms with van der Waals surface area (Å²) < 4.78 is 6.56. The van der Waals surface area contributed by atoms with Crippen molar-refractivity contribution < 1.29 is 14.3 Å². The second-order valence-corrected chi connectivity index (χ2v) is 6.94. The highest BCUT2D eigenvalue weighted by molar-refractivity contribution is 5.81. The van der Waals surface area contributed by atoms with Gasteiger partial charge in [-0.3, -0.25) is 4.79 Å². The minimum Gasteiger partial charge on any atom is -0.454 e. The molecule has 0 aliphatic rings. The highest BCUT2D eigenvalue weighted by Gasteiger charge is 2.24. The smallest absolute Gasteiger partial charge is 0.331 e. The average Bonchev–Trinajstić information content (AvgIpc) is 3.30. The van der Waals surface area contributed by atoms with Crippen molar-refractivity contribution >= 4 is 17.6 Å². The van der Waals surface area contributed by atoms with Crippen molar-refractivity contribution in [3.05, 3.63) is 72.1 Å². The fourth-order valence-electron chi connectivity index (χ4n) is 2.83. The Labute approximate surface area is 174 Å². The fourth-order valence-corrected chi connectivity index (χ4v) is 2.83. The molecule has 9 nitrogen and oxygen atoms in total. The number of carbonyl (C=O) groups is 2. The number of benzene rings is 2. The lowest BCUT2D eigenvalue weighted by atomic mass is 10.1. The van der Waals surface area contributed by atoms with Crippen LogP contribution in [0.4, 0.5) is 5.69 Å². The summed E-state index contributed by atoms with van der Waals surface area (Å²) in [6.45, 7) is -0.0213. The van der Waals surface area contributed by atoms with Gasteiger partial charge in [-0.25, -0.2) is 9.48 Å². The van der Waals surface area contributed by atoms with E-state index in [1.807, 2.05) is 73.6 Å². The Morgan fingerprint density at radius 2 is 1.80 bits per heavy atom. The van der Waals surface area contributed by atoms with Crippen LogP contribution in [0.15, 0.2) is 60.9 Å². The number of nitrogens with zero attached hydrogens (tertiary/aromatic N) is 5. The quantitative estimate of drug-likeness (QED) is 0.534. The van der Waals surface area contributed by atoms with E-state index in [1.54, 1.807) is 0 Å². The van der Waals surface area contributed by atoms with Gasteiger partial charge in [-0.15, -0.1) is 5.10 Å². The van der Waals surface area contributed by atoms with Crippen LogP contribution in [0.1, 0.15) is 17.2 Å². The van der Waals surface area contributed by atoms with Crippen LogP contribution in [0.3, 0.4) is 0 Å². The number of amides is 1. The summed E-state index contributed by atoms with van der Waals surface area (Å²) in [5.41, 5.74) is 2.96. The monoisotopic (exact) mass is 408 g/mol. The third-order valence-corrected chi connectivity index (χ3v) is 4.52. The van der Waals surface area contributed by atoms with E-state index in [0.717, 1.165) is 16.8 Å². The Kier molecular flexibility index (Phi) is 7.09. The molecule has 2 aromatic carbocycles. The first-order chi connectivity index (χ1) is 14.5. The molecule has 1 N–H and O–H groups in total. The van der Waals surface area contributed by atoms with Gasteiger partial charge in [-0.05, 0) is 33.7 Å². The van der Waals surface area contributed by atoms with Crippen molar-refractivity contribution in [2.75, 3.05) is 25.6 Å². The second-order valence-electron chi connectivity index (χ2n) is 6.94. The van der Waals surface area contributed by atoms with Crippen molar-refractivity contribution in [2.45, 2.75) is 19.0 Å². The number of rotatable bonds is 9. The van der Waals surface area contributed by atoms with E-state index < -0.39 is 12.0 Å². The lowest BCUT2D eigenvalue weighted by molar-refractivity contribution is -0.152. The molecule has 9 heteroatoms. The number of aromatic nitrogens is 4. The number of ether oxygens (including phenoxy) is 1. The predicted octanol–water partition coefficient (Wildman–Crippen LogP) is 1.38.